The van der Waals surface area contributed by atoms with Crippen LogP contribution in [0.15, 0.2) is 24.2 Å². The predicted molar refractivity (Wildman–Crippen MR) is 283 cm³/mol. The van der Waals surface area contributed by atoms with Gasteiger partial charge >= 0.3 is 14.8 Å². The van der Waals surface area contributed by atoms with E-state index >= 15 is 0 Å². The van der Waals surface area contributed by atoms with Crippen LogP contribution in [0, 0.1) is 34.8 Å². The number of hydrogen-bond donors (Lipinski definition) is 2. The summed E-state index contributed by atoms with van der Waals surface area (Å²) >= 11 is 4.33. The summed E-state index contributed by atoms with van der Waals surface area (Å²) in [4.78, 5) is 0. The number of nitrogens with zero attached hydrogens (tertiary/aromatic N) is 4. The average molecular weight is 1180 g/mol. The van der Waals surface area contributed by atoms with Crippen LogP contribution in [-0.4, -0.2) is 83.3 Å². The maximum atomic E-state index is 9.96. The molecule has 2 aliphatic heterocycles. The molecule has 2 saturated heterocycles. The Morgan fingerprint density at radius 3 is 1.26 bits per heavy atom. The van der Waals surface area contributed by atoms with Gasteiger partial charge in [0.15, 0.2) is 0 Å². The maximum Gasteiger partial charge on any atom is 0.500 e. The molecule has 0 aliphatic carbocycles. The maximum absolute atomic E-state index is 9.96. The van der Waals surface area contributed by atoms with E-state index in [1.54, 1.807) is 13.0 Å². The van der Waals surface area contributed by atoms with Crippen molar-refractivity contribution in [2.75, 3.05) is 7.15 Å². The Morgan fingerprint density at radius 1 is 0.667 bits per heavy atom. The molecule has 2 fully saturated rings. The predicted octanol–water partition coefficient (Wildman–Crippen LogP) is 12.2. The van der Waals surface area contributed by atoms with Gasteiger partial charge in [-0.2, -0.15) is 0 Å². The molecule has 6 heterocycles. The molecule has 0 amide bonds. The fourth-order valence-electron chi connectivity index (χ4n) is 6.12. The van der Waals surface area contributed by atoms with Crippen LogP contribution in [-0.2, 0) is 44.7 Å². The summed E-state index contributed by atoms with van der Waals surface area (Å²) < 4.78 is 59.6. The van der Waals surface area contributed by atoms with E-state index in [1.165, 1.54) is 7.69 Å². The Kier molecular flexibility index (Phi) is 28.8. The molecule has 0 aromatic carbocycles. The van der Waals surface area contributed by atoms with Crippen molar-refractivity contribution in [1.29, 1.82) is 0 Å². The van der Waals surface area contributed by atoms with Crippen molar-refractivity contribution in [2.45, 2.75) is 218 Å². The highest BCUT2D eigenvalue weighted by atomic mass is 127. The highest BCUT2D eigenvalue weighted by Gasteiger charge is 2.53. The third kappa shape index (κ3) is 18.6. The molecule has 4 aromatic heterocycles. The van der Waals surface area contributed by atoms with E-state index in [2.05, 4.69) is 125 Å². The fourth-order valence-corrected chi connectivity index (χ4v) is 11.1. The number of aromatic nitrogens is 4. The Labute approximate surface area is 427 Å². The number of halogens is 3. The Balaban J connectivity index is 0. The summed E-state index contributed by atoms with van der Waals surface area (Å²) in [6.45, 7) is 44.6. The molecule has 0 bridgehead atoms. The molecule has 379 valence electrons. The number of alkyl halides is 1. The summed E-state index contributed by atoms with van der Waals surface area (Å²) in [5.41, 5.74) is 5.86. The molecule has 20 heteroatoms. The lowest BCUT2D eigenvalue weighted by Crippen LogP contribution is -2.41. The third-order valence-corrected chi connectivity index (χ3v) is 22.9. The minimum atomic E-state index is -1.00. The van der Waals surface area contributed by atoms with Gasteiger partial charge < -0.3 is 46.9 Å². The van der Waals surface area contributed by atoms with Gasteiger partial charge in [-0.3, -0.25) is 4.39 Å². The second-order valence-corrected chi connectivity index (χ2v) is 27.2. The third-order valence-electron chi connectivity index (χ3n) is 12.7. The molecule has 1 radical (unpaired) electrons. The fraction of sp³-hybridized carbons (Fsp3) is 0.739. The van der Waals surface area contributed by atoms with Crippen molar-refractivity contribution >= 4 is 73.5 Å². The molecule has 14 nitrogen and oxygen atoms in total. The molecule has 4 aromatic rings. The first-order chi connectivity index (χ1) is 30.3. The number of hydrogen-bond acceptors (Lipinski definition) is 14. The molecule has 2 aliphatic rings. The van der Waals surface area contributed by atoms with Crippen LogP contribution in [0.4, 0.5) is 4.39 Å². The topological polar surface area (TPSA) is 181 Å². The van der Waals surface area contributed by atoms with Crippen molar-refractivity contribution < 1.29 is 52.7 Å². The van der Waals surface area contributed by atoms with E-state index in [4.69, 9.17) is 43.8 Å². The second-order valence-electron chi connectivity index (χ2n) is 18.8. The molecule has 0 atom stereocenters. The van der Waals surface area contributed by atoms with Crippen molar-refractivity contribution in [3.05, 3.63) is 59.0 Å². The monoisotopic (exact) mass is 1180 g/mol. The van der Waals surface area contributed by atoms with Crippen molar-refractivity contribution in [1.82, 2.24) is 20.6 Å². The second kappa shape index (κ2) is 29.5. The molecule has 2 N–H and O–H groups in total. The van der Waals surface area contributed by atoms with Crippen LogP contribution in [0.1, 0.15) is 165 Å². The van der Waals surface area contributed by atoms with Gasteiger partial charge in [0.1, 0.15) is 34.4 Å². The van der Waals surface area contributed by atoms with Gasteiger partial charge in [-0.05, 0) is 141 Å². The zero-order valence-corrected chi connectivity index (χ0v) is 48.4. The van der Waals surface area contributed by atoms with Gasteiger partial charge in [-0.1, -0.05) is 107 Å². The zero-order valence-electron chi connectivity index (χ0n) is 44.1. The number of aryl methyl sites for hydroxylation is 6. The average Bonchev–Trinajstić information content (AvgIpc) is 4.07. The standard InChI is InChI=1S/C12H20BNO3.C10H24Si.C6H12BO2.C6H8INO.C5H6INO2.C5H7NO2.CH3F.CH4/c1-7-9-10(8(2)15-14-9)13-16-11(3,4)12(5,6)17-13;1-8(2)11(7,9(3)4)10(5)6;1-5(2)6(3,4)9-7-8-5;1-3-5-6(7)4(2)9-8-5;1-3-5(6)4(2-8)7-9-3;1-4-2-5(3-7)6-8-4;1-2;/h7H2,1-6H3;8-10H,1-7H3;1-4H3;3H2,1-2H3;8H,2H2,1H3;2,7H,3H2,1H3;1H3;1H4/i;;;;;;1D;. The summed E-state index contributed by atoms with van der Waals surface area (Å²) in [7, 11) is -0.939. The Morgan fingerprint density at radius 2 is 1.05 bits per heavy atom. The van der Waals surface area contributed by atoms with E-state index in [9.17, 15) is 4.39 Å². The van der Waals surface area contributed by atoms with Crippen LogP contribution in [0.25, 0.3) is 0 Å². The van der Waals surface area contributed by atoms with Crippen LogP contribution in [0.2, 0.25) is 23.2 Å². The SMILES string of the molecule is C.CC(C)[Si](C)(C(C)C)C(C)C.CC1(C)O[B]OC1(C)C.CCc1noc(C)c1B1OC(C)(C)C(C)(C)O1.CCc1noc(C)c1I.Cc1cc(CO)no1.Cc1onc(CO)c1I.[2H]CF. The quantitative estimate of drug-likeness (QED) is 0.126. The van der Waals surface area contributed by atoms with E-state index in [-0.39, 0.29) is 50.2 Å². The number of aliphatic hydroxyl groups excluding tert-OH is 2. The van der Waals surface area contributed by atoms with Gasteiger partial charge in [0, 0.05) is 11.5 Å². The van der Waals surface area contributed by atoms with Gasteiger partial charge in [0.05, 0.1) is 70.7 Å². The zero-order chi connectivity index (χ0) is 51.6. The molecule has 6 rings (SSSR count). The summed E-state index contributed by atoms with van der Waals surface area (Å²) in [6.07, 6.45) is 1.77. The van der Waals surface area contributed by atoms with Gasteiger partial charge in [-0.25, -0.2) is 0 Å². The highest BCUT2D eigenvalue weighted by Crippen LogP contribution is 2.41. The van der Waals surface area contributed by atoms with Crippen molar-refractivity contribution in [2.24, 2.45) is 0 Å². The molecular weight excluding hydrogens is 1090 g/mol. The molecule has 0 unspecified atom stereocenters. The van der Waals surface area contributed by atoms with Crippen LogP contribution < -0.4 is 5.46 Å². The summed E-state index contributed by atoms with van der Waals surface area (Å²) in [5, 5.41) is 32.0. The van der Waals surface area contributed by atoms with Crippen LogP contribution in [0.5, 0.6) is 0 Å². The summed E-state index contributed by atoms with van der Waals surface area (Å²) in [5.74, 6) is 3.20. The Bertz CT molecular complexity index is 1880. The van der Waals surface area contributed by atoms with E-state index in [0.717, 1.165) is 76.5 Å². The Hall–Kier alpha value is -1.66. The first-order valence-electron chi connectivity index (χ1n) is 22.7. The minimum Gasteiger partial charge on any atom is -0.405 e. The molecule has 0 saturated carbocycles. The van der Waals surface area contributed by atoms with Crippen molar-refractivity contribution in [3.63, 3.8) is 0 Å². The first kappa shape index (κ1) is 64.3. The number of rotatable bonds is 8. The summed E-state index contributed by atoms with van der Waals surface area (Å²) in [6, 6.07) is 1.69. The normalized spacial score (nSPS) is 16.3. The first-order valence-corrected chi connectivity index (χ1v) is 26.9. The van der Waals surface area contributed by atoms with Gasteiger partial charge in [0.25, 0.3) is 0 Å². The lowest BCUT2D eigenvalue weighted by atomic mass is 9.77. The van der Waals surface area contributed by atoms with E-state index in [1.807, 2.05) is 83.1 Å². The van der Waals surface area contributed by atoms with E-state index in [0.29, 0.717) is 11.4 Å². The molecule has 66 heavy (non-hydrogen) atoms. The minimum absolute atomic E-state index is 0. The van der Waals surface area contributed by atoms with Crippen LogP contribution >= 0.6 is 45.2 Å². The largest absolute Gasteiger partial charge is 0.500 e. The van der Waals surface area contributed by atoms with Crippen molar-refractivity contribution in [3.8, 4) is 0 Å². The number of aliphatic hydroxyl groups is 2. The highest BCUT2D eigenvalue weighted by molar-refractivity contribution is 14.1. The smallest absolute Gasteiger partial charge is 0.405 e. The van der Waals surface area contributed by atoms with Gasteiger partial charge in [-0.15, -0.1) is 0 Å². The van der Waals surface area contributed by atoms with E-state index < -0.39 is 15.2 Å². The lowest BCUT2D eigenvalue weighted by Gasteiger charge is -2.39. The van der Waals surface area contributed by atoms with Gasteiger partial charge in [0.2, 0.25) is 0 Å². The van der Waals surface area contributed by atoms with Crippen LogP contribution in [0.3, 0.4) is 0 Å². The molecule has 0 spiro atoms. The lowest BCUT2D eigenvalue weighted by molar-refractivity contribution is 0.00578. The molecular formula is C46H84B2FI2N4O10Si.